The minimum Gasteiger partial charge on any atom is -0.456 e. The van der Waals surface area contributed by atoms with Crippen molar-refractivity contribution in [3.63, 3.8) is 0 Å². The van der Waals surface area contributed by atoms with E-state index in [9.17, 15) is 9.59 Å². The van der Waals surface area contributed by atoms with E-state index in [2.05, 4.69) is 32.1 Å². The maximum Gasteiger partial charge on any atom is 0.330 e. The lowest BCUT2D eigenvalue weighted by Gasteiger charge is -2.27. The van der Waals surface area contributed by atoms with Crippen molar-refractivity contribution in [3.05, 3.63) is 59.8 Å². The molecular formula is C30H40O6. The third-order valence-electron chi connectivity index (χ3n) is 7.17. The average Bonchev–Trinajstić information content (AvgIpc) is 3.17. The van der Waals surface area contributed by atoms with Crippen molar-refractivity contribution in [2.45, 2.75) is 102 Å². The van der Waals surface area contributed by atoms with Crippen molar-refractivity contribution in [1.29, 1.82) is 0 Å². The van der Waals surface area contributed by atoms with Gasteiger partial charge in [-0.2, -0.15) is 0 Å². The molecule has 4 heterocycles. The van der Waals surface area contributed by atoms with Crippen LogP contribution in [0.15, 0.2) is 59.8 Å². The zero-order chi connectivity index (χ0) is 25.5. The molecule has 0 amide bonds. The molecule has 36 heavy (non-hydrogen) atoms. The van der Waals surface area contributed by atoms with Crippen LogP contribution in [0.5, 0.6) is 0 Å². The monoisotopic (exact) mass is 496 g/mol. The van der Waals surface area contributed by atoms with Gasteiger partial charge in [-0.05, 0) is 57.9 Å². The molecule has 1 fully saturated rings. The lowest BCUT2D eigenvalue weighted by molar-refractivity contribution is -0.144. The molecular weight excluding hydrogens is 456 g/mol. The summed E-state index contributed by atoms with van der Waals surface area (Å²) in [5.74, 6) is 0.0647. The summed E-state index contributed by atoms with van der Waals surface area (Å²) in [6, 6.07) is 0. The van der Waals surface area contributed by atoms with Gasteiger partial charge in [-0.3, -0.25) is 4.79 Å². The van der Waals surface area contributed by atoms with Gasteiger partial charge in [-0.15, -0.1) is 0 Å². The molecule has 0 aliphatic carbocycles. The fraction of sp³-hybridized carbons (Fsp3) is 0.600. The highest BCUT2D eigenvalue weighted by atomic mass is 16.6. The van der Waals surface area contributed by atoms with E-state index >= 15 is 0 Å². The molecule has 4 rings (SSSR count). The Bertz CT molecular complexity index is 941. The summed E-state index contributed by atoms with van der Waals surface area (Å²) in [5, 5.41) is 0. The summed E-state index contributed by atoms with van der Waals surface area (Å²) >= 11 is 0. The highest BCUT2D eigenvalue weighted by Gasteiger charge is 2.37. The predicted molar refractivity (Wildman–Crippen MR) is 138 cm³/mol. The van der Waals surface area contributed by atoms with Crippen molar-refractivity contribution >= 4 is 11.8 Å². The van der Waals surface area contributed by atoms with Crippen molar-refractivity contribution in [1.82, 2.24) is 0 Å². The highest BCUT2D eigenvalue weighted by molar-refractivity contribution is 5.90. The van der Waals surface area contributed by atoms with Crippen molar-refractivity contribution in [3.8, 4) is 0 Å². The van der Waals surface area contributed by atoms with Crippen LogP contribution in [0.1, 0.15) is 65.7 Å². The van der Waals surface area contributed by atoms with Crippen LogP contribution in [0.4, 0.5) is 0 Å². The maximum absolute atomic E-state index is 12.8. The molecule has 1 saturated heterocycles. The summed E-state index contributed by atoms with van der Waals surface area (Å²) in [6.45, 7) is 6.92. The molecule has 0 saturated carbocycles. The molecule has 196 valence electrons. The van der Waals surface area contributed by atoms with Gasteiger partial charge in [0, 0.05) is 18.9 Å². The molecule has 4 aliphatic rings. The van der Waals surface area contributed by atoms with E-state index < -0.39 is 18.2 Å². The first-order valence-electron chi connectivity index (χ1n) is 13.3. The Morgan fingerprint density at radius 3 is 2.61 bits per heavy atom. The van der Waals surface area contributed by atoms with Crippen molar-refractivity contribution in [2.24, 2.45) is 5.92 Å². The van der Waals surface area contributed by atoms with Crippen LogP contribution in [-0.4, -0.2) is 55.0 Å². The topological polar surface area (TPSA) is 71.1 Å². The normalized spacial score (nSPS) is 36.7. The third-order valence-corrected chi connectivity index (χ3v) is 7.17. The molecule has 0 N–H and O–H groups in total. The average molecular weight is 497 g/mol. The molecule has 0 aromatic heterocycles. The van der Waals surface area contributed by atoms with Gasteiger partial charge in [0.1, 0.15) is 12.2 Å². The van der Waals surface area contributed by atoms with E-state index in [0.29, 0.717) is 25.4 Å². The Morgan fingerprint density at radius 2 is 1.78 bits per heavy atom. The summed E-state index contributed by atoms with van der Waals surface area (Å²) in [5.41, 5.74) is 2.37. The maximum atomic E-state index is 12.8. The molecule has 4 bridgehead atoms. The van der Waals surface area contributed by atoms with E-state index in [1.54, 1.807) is 6.08 Å². The van der Waals surface area contributed by atoms with Gasteiger partial charge in [-0.1, -0.05) is 54.5 Å². The second-order valence-electron chi connectivity index (χ2n) is 10.7. The first-order chi connectivity index (χ1) is 17.3. The van der Waals surface area contributed by atoms with Gasteiger partial charge in [0.2, 0.25) is 0 Å². The van der Waals surface area contributed by atoms with Gasteiger partial charge in [0.05, 0.1) is 31.0 Å². The van der Waals surface area contributed by atoms with Crippen molar-refractivity contribution < 1.29 is 28.5 Å². The summed E-state index contributed by atoms with van der Waals surface area (Å²) in [6.07, 6.45) is 19.2. The first kappa shape index (κ1) is 26.8. The highest BCUT2D eigenvalue weighted by Crippen LogP contribution is 2.29. The largest absolute Gasteiger partial charge is 0.456 e. The zero-order valence-corrected chi connectivity index (χ0v) is 21.8. The minimum absolute atomic E-state index is 0.0232. The summed E-state index contributed by atoms with van der Waals surface area (Å²) in [4.78, 5) is 25.4. The molecule has 0 aromatic rings. The van der Waals surface area contributed by atoms with Crippen LogP contribution in [-0.2, 0) is 28.5 Å². The van der Waals surface area contributed by atoms with Crippen molar-refractivity contribution in [2.75, 3.05) is 6.61 Å². The van der Waals surface area contributed by atoms with Crippen LogP contribution in [0.25, 0.3) is 0 Å². The molecule has 0 spiro atoms. The Kier molecular flexibility index (Phi) is 9.52. The second kappa shape index (κ2) is 12.8. The molecule has 4 aliphatic heterocycles. The van der Waals surface area contributed by atoms with Crippen LogP contribution in [0.3, 0.4) is 0 Å². The summed E-state index contributed by atoms with van der Waals surface area (Å²) < 4.78 is 24.0. The Labute approximate surface area is 215 Å². The first-order valence-corrected chi connectivity index (χ1v) is 13.3. The number of fused-ring (bicyclic) bond motifs is 4. The number of ketones is 1. The quantitative estimate of drug-likeness (QED) is 0.380. The van der Waals surface area contributed by atoms with Crippen LogP contribution < -0.4 is 0 Å². The van der Waals surface area contributed by atoms with Crippen LogP contribution in [0, 0.1) is 5.92 Å². The van der Waals surface area contributed by atoms with Crippen LogP contribution >= 0.6 is 0 Å². The fourth-order valence-corrected chi connectivity index (χ4v) is 5.51. The van der Waals surface area contributed by atoms with Gasteiger partial charge >= 0.3 is 5.97 Å². The van der Waals surface area contributed by atoms with Gasteiger partial charge in [0.15, 0.2) is 5.78 Å². The Morgan fingerprint density at radius 1 is 0.917 bits per heavy atom. The number of hydrogen-bond acceptors (Lipinski definition) is 6. The number of hydrogen-bond donors (Lipinski definition) is 0. The van der Waals surface area contributed by atoms with Gasteiger partial charge in [0.25, 0.3) is 0 Å². The number of esters is 1. The number of ether oxygens (including phenoxy) is 4. The van der Waals surface area contributed by atoms with Gasteiger partial charge < -0.3 is 18.9 Å². The predicted octanol–water partition coefficient (Wildman–Crippen LogP) is 5.34. The molecule has 2 unspecified atom stereocenters. The molecule has 0 aromatic carbocycles. The van der Waals surface area contributed by atoms with E-state index in [-0.39, 0.29) is 36.6 Å². The smallest absolute Gasteiger partial charge is 0.330 e. The standard InChI is InChI=1S/C30H40O6/c1-20-12-13-33-25(16-20)10-11-28-29-19-27(35-28)18-23(31)15-21(2)14-22(3)17-26-8-4-6-24(34-26)7-5-9-30(32)36-29/h4-6,9-12,15,22,24-29H,7-8,13-14,16-19H2,1-3H3/t22-,24-,25?,26-,27?,28-,29-/m0/s1. The Hall–Kier alpha value is -2.28. The summed E-state index contributed by atoms with van der Waals surface area (Å²) in [7, 11) is 0. The third kappa shape index (κ3) is 8.12. The second-order valence-corrected chi connectivity index (χ2v) is 10.7. The molecule has 6 nitrogen and oxygen atoms in total. The van der Waals surface area contributed by atoms with E-state index in [1.807, 2.05) is 25.2 Å². The molecule has 6 heteroatoms. The number of carbonyl (C=O) groups excluding carboxylic acids is 2. The lowest BCUT2D eigenvalue weighted by Crippen LogP contribution is -2.26. The number of allylic oxidation sites excluding steroid dienone is 2. The number of rotatable bonds is 2. The Balaban J connectivity index is 1.48. The molecule has 7 atom stereocenters. The fourth-order valence-electron chi connectivity index (χ4n) is 5.51. The van der Waals surface area contributed by atoms with E-state index in [4.69, 9.17) is 18.9 Å². The van der Waals surface area contributed by atoms with Crippen LogP contribution in [0.2, 0.25) is 0 Å². The van der Waals surface area contributed by atoms with Gasteiger partial charge in [-0.25, -0.2) is 4.79 Å². The minimum atomic E-state index is -0.449. The zero-order valence-electron chi connectivity index (χ0n) is 21.8. The van der Waals surface area contributed by atoms with E-state index in [1.165, 1.54) is 11.6 Å². The lowest BCUT2D eigenvalue weighted by atomic mass is 9.93. The molecule has 0 radical (unpaired) electrons. The SMILES string of the molecule is CC1=CCOC(C=C[C@@H]2OC3CC(=O)C=C(C)C[C@H](C)C[C@@H]4CC=C[C@@H](CC=CC(=O)O[C@H]2C3)O4)C1. The van der Waals surface area contributed by atoms with E-state index in [0.717, 1.165) is 31.3 Å². The number of carbonyl (C=O) groups is 2.